The second-order valence-corrected chi connectivity index (χ2v) is 4.24. The molecule has 2 aliphatic rings. The van der Waals surface area contributed by atoms with Crippen LogP contribution in [0.1, 0.15) is 12.8 Å². The van der Waals surface area contributed by atoms with Crippen LogP contribution < -0.4 is 16.3 Å². The number of carbonyl (C=O) groups excluding carboxylic acids is 1. The van der Waals surface area contributed by atoms with E-state index in [0.717, 1.165) is 23.4 Å². The molecule has 2 unspecified atom stereocenters. The van der Waals surface area contributed by atoms with Crippen molar-refractivity contribution in [1.29, 1.82) is 0 Å². The molecule has 0 bridgehead atoms. The number of rotatable bonds is 1. The Morgan fingerprint density at radius 3 is 3.00 bits per heavy atom. The quantitative estimate of drug-likeness (QED) is 0.675. The van der Waals surface area contributed by atoms with Gasteiger partial charge in [0.15, 0.2) is 0 Å². The van der Waals surface area contributed by atoms with Crippen LogP contribution in [0.4, 0.5) is 0 Å². The minimum absolute atomic E-state index is 0.0902. The summed E-state index contributed by atoms with van der Waals surface area (Å²) in [5.41, 5.74) is 5.38. The van der Waals surface area contributed by atoms with Crippen LogP contribution in [-0.4, -0.2) is 23.0 Å². The number of nitrogens with zero attached hydrogens (tertiary/aromatic N) is 2. The smallest absolute Gasteiger partial charge is 0.240 e. The highest BCUT2D eigenvalue weighted by atomic mass is 16.1. The van der Waals surface area contributed by atoms with E-state index in [0.29, 0.717) is 0 Å². The van der Waals surface area contributed by atoms with Gasteiger partial charge in [-0.3, -0.25) is 9.79 Å². The summed E-state index contributed by atoms with van der Waals surface area (Å²) >= 11 is 0. The maximum absolute atomic E-state index is 11.3. The second-order valence-electron chi connectivity index (χ2n) is 4.24. The van der Waals surface area contributed by atoms with Crippen molar-refractivity contribution in [3.05, 3.63) is 34.8 Å². The third kappa shape index (κ3) is 1.30. The first-order valence-electron chi connectivity index (χ1n) is 5.47. The number of hydrogen-bond acceptors (Lipinski definition) is 3. The van der Waals surface area contributed by atoms with E-state index in [2.05, 4.69) is 4.99 Å². The third-order valence-electron chi connectivity index (χ3n) is 3.24. The van der Waals surface area contributed by atoms with E-state index >= 15 is 0 Å². The lowest BCUT2D eigenvalue weighted by molar-refractivity contribution is -0.121. The van der Waals surface area contributed by atoms with Gasteiger partial charge in [-0.25, -0.2) is 0 Å². The summed E-state index contributed by atoms with van der Waals surface area (Å²) in [4.78, 5) is 17.9. The highest BCUT2D eigenvalue weighted by molar-refractivity contribution is 5.81. The van der Waals surface area contributed by atoms with Crippen molar-refractivity contribution in [3.63, 3.8) is 0 Å². The summed E-state index contributed by atoms with van der Waals surface area (Å²) in [7, 11) is 0. The Labute approximate surface area is 93.1 Å². The number of nitrogens with two attached hydrogens (primary N) is 1. The van der Waals surface area contributed by atoms with Crippen molar-refractivity contribution in [2.75, 3.05) is 0 Å². The predicted octanol–water partition coefficient (Wildman–Crippen LogP) is -0.666. The van der Waals surface area contributed by atoms with Crippen LogP contribution in [0.5, 0.6) is 0 Å². The lowest BCUT2D eigenvalue weighted by Crippen LogP contribution is -2.45. The van der Waals surface area contributed by atoms with Gasteiger partial charge in [0.2, 0.25) is 5.91 Å². The third-order valence-corrected chi connectivity index (χ3v) is 3.24. The van der Waals surface area contributed by atoms with Crippen LogP contribution in [0.25, 0.3) is 6.20 Å². The Kier molecular flexibility index (Phi) is 1.96. The fourth-order valence-electron chi connectivity index (χ4n) is 2.44. The molecule has 1 saturated heterocycles. The van der Waals surface area contributed by atoms with Crippen LogP contribution in [0.3, 0.4) is 0 Å². The Hall–Kier alpha value is -1.84. The normalized spacial score (nSPS) is 26.4. The van der Waals surface area contributed by atoms with Crippen LogP contribution in [-0.2, 0) is 4.79 Å². The number of para-hydroxylation sites is 1. The van der Waals surface area contributed by atoms with E-state index in [1.807, 2.05) is 35.4 Å². The predicted molar refractivity (Wildman–Crippen MR) is 59.5 cm³/mol. The minimum atomic E-state index is -0.256. The fourth-order valence-corrected chi connectivity index (χ4v) is 2.44. The highest BCUT2D eigenvalue weighted by Gasteiger charge is 2.35. The van der Waals surface area contributed by atoms with Crippen molar-refractivity contribution < 1.29 is 4.79 Å². The molecule has 2 aliphatic heterocycles. The fraction of sp³-hybridized carbons (Fsp3) is 0.333. The van der Waals surface area contributed by atoms with Gasteiger partial charge in [0, 0.05) is 11.4 Å². The summed E-state index contributed by atoms with van der Waals surface area (Å²) in [5.74, 6) is -0.256. The van der Waals surface area contributed by atoms with Gasteiger partial charge in [-0.2, -0.15) is 0 Å². The van der Waals surface area contributed by atoms with Crippen LogP contribution in [0.15, 0.2) is 29.3 Å². The molecule has 0 radical (unpaired) electrons. The molecule has 0 saturated carbocycles. The van der Waals surface area contributed by atoms with Crippen molar-refractivity contribution in [2.24, 2.45) is 10.7 Å². The number of hydrogen-bond donors (Lipinski definition) is 1. The van der Waals surface area contributed by atoms with E-state index in [4.69, 9.17) is 5.73 Å². The standard InChI is InChI=1S/C12H13N3O/c13-12(16)10-5-6-11-14-9-4-2-1-3-8(9)7-15(10)11/h1-4,7,10-11H,5-6H2,(H2,13,16). The molecule has 1 aromatic carbocycles. The Morgan fingerprint density at radius 2 is 2.19 bits per heavy atom. The van der Waals surface area contributed by atoms with Crippen LogP contribution >= 0.6 is 0 Å². The van der Waals surface area contributed by atoms with Gasteiger partial charge in [-0.15, -0.1) is 0 Å². The van der Waals surface area contributed by atoms with E-state index < -0.39 is 0 Å². The molecule has 1 amide bonds. The minimum Gasteiger partial charge on any atom is -0.368 e. The zero-order valence-corrected chi connectivity index (χ0v) is 8.84. The zero-order chi connectivity index (χ0) is 11.1. The van der Waals surface area contributed by atoms with Crippen molar-refractivity contribution in [3.8, 4) is 0 Å². The molecule has 4 heteroatoms. The SMILES string of the molecule is NC(=O)C1CCC2N=c3ccccc3=CN21. The monoisotopic (exact) mass is 215 g/mol. The van der Waals surface area contributed by atoms with Gasteiger partial charge in [-0.05, 0) is 18.9 Å². The molecule has 4 nitrogen and oxygen atoms in total. The van der Waals surface area contributed by atoms with E-state index in [-0.39, 0.29) is 18.1 Å². The molecule has 0 aliphatic carbocycles. The summed E-state index contributed by atoms with van der Waals surface area (Å²) in [6.45, 7) is 0. The van der Waals surface area contributed by atoms with E-state index in [1.54, 1.807) is 0 Å². The molecule has 2 atom stereocenters. The molecule has 1 aromatic rings. The number of amides is 1. The van der Waals surface area contributed by atoms with Crippen LogP contribution in [0, 0.1) is 0 Å². The average molecular weight is 215 g/mol. The maximum atomic E-state index is 11.3. The number of primary amides is 1. The molecule has 2 heterocycles. The maximum Gasteiger partial charge on any atom is 0.240 e. The summed E-state index contributed by atoms with van der Waals surface area (Å²) < 4.78 is 0. The lowest BCUT2D eigenvalue weighted by Gasteiger charge is -2.26. The molecular weight excluding hydrogens is 202 g/mol. The van der Waals surface area contributed by atoms with Gasteiger partial charge in [0.05, 0.1) is 5.36 Å². The first-order valence-corrected chi connectivity index (χ1v) is 5.47. The largest absolute Gasteiger partial charge is 0.368 e. The van der Waals surface area contributed by atoms with Crippen LogP contribution in [0.2, 0.25) is 0 Å². The van der Waals surface area contributed by atoms with Gasteiger partial charge in [0.1, 0.15) is 12.2 Å². The molecule has 82 valence electrons. The summed E-state index contributed by atoms with van der Waals surface area (Å²) in [5, 5.41) is 2.07. The first kappa shape index (κ1) is 9.39. The van der Waals surface area contributed by atoms with Gasteiger partial charge < -0.3 is 10.6 Å². The molecule has 16 heavy (non-hydrogen) atoms. The Balaban J connectivity index is 2.11. The second kappa shape index (κ2) is 3.33. The van der Waals surface area contributed by atoms with E-state index in [1.165, 1.54) is 0 Å². The molecular formula is C12H13N3O. The summed E-state index contributed by atoms with van der Waals surface area (Å²) in [6.07, 6.45) is 3.80. The summed E-state index contributed by atoms with van der Waals surface area (Å²) in [6, 6.07) is 7.76. The molecule has 0 spiro atoms. The Morgan fingerprint density at radius 1 is 1.38 bits per heavy atom. The lowest BCUT2D eigenvalue weighted by atomic mass is 10.2. The van der Waals surface area contributed by atoms with Crippen molar-refractivity contribution >= 4 is 12.1 Å². The van der Waals surface area contributed by atoms with Gasteiger partial charge in [0.25, 0.3) is 0 Å². The zero-order valence-electron chi connectivity index (χ0n) is 8.84. The number of carbonyl (C=O) groups is 1. The Bertz CT molecular complexity index is 552. The molecule has 0 aromatic heterocycles. The first-order chi connectivity index (χ1) is 7.75. The molecule has 2 N–H and O–H groups in total. The van der Waals surface area contributed by atoms with Gasteiger partial charge >= 0.3 is 0 Å². The molecule has 3 rings (SSSR count). The average Bonchev–Trinajstić information content (AvgIpc) is 2.68. The number of fused-ring (bicyclic) bond motifs is 2. The number of benzene rings is 1. The molecule has 1 fully saturated rings. The van der Waals surface area contributed by atoms with Crippen molar-refractivity contribution in [2.45, 2.75) is 25.0 Å². The van der Waals surface area contributed by atoms with E-state index in [9.17, 15) is 4.79 Å². The highest BCUT2D eigenvalue weighted by Crippen LogP contribution is 2.25. The topological polar surface area (TPSA) is 58.7 Å². The van der Waals surface area contributed by atoms with Crippen molar-refractivity contribution in [1.82, 2.24) is 4.90 Å². The van der Waals surface area contributed by atoms with Gasteiger partial charge in [-0.1, -0.05) is 18.2 Å².